The Morgan fingerprint density at radius 2 is 2.07 bits per heavy atom. The highest BCUT2D eigenvalue weighted by Crippen LogP contribution is 2.55. The van der Waals surface area contributed by atoms with Crippen molar-refractivity contribution in [2.24, 2.45) is 17.8 Å². The number of ether oxygens (including phenoxy) is 2. The van der Waals surface area contributed by atoms with Crippen molar-refractivity contribution < 1.29 is 34.4 Å². The fraction of sp³-hybridized carbons (Fsp3) is 0.684. The number of fused-ring (bicyclic) bond motifs is 3. The molecule has 0 aromatic carbocycles. The lowest BCUT2D eigenvalue weighted by molar-refractivity contribution is -0.172. The predicted octanol–water partition coefficient (Wildman–Crippen LogP) is 0.913. The van der Waals surface area contributed by atoms with Gasteiger partial charge in [0.1, 0.15) is 17.8 Å². The number of hydrogen-bond donors (Lipinski definition) is 3. The van der Waals surface area contributed by atoms with Crippen molar-refractivity contribution in [2.45, 2.75) is 49.3 Å². The molecule has 1 heterocycles. The highest BCUT2D eigenvalue weighted by atomic mass is 35.5. The first kappa shape index (κ1) is 21.6. The van der Waals surface area contributed by atoms with E-state index in [1.807, 2.05) is 0 Å². The lowest BCUT2D eigenvalue weighted by Gasteiger charge is -2.37. The number of esters is 2. The van der Waals surface area contributed by atoms with Crippen LogP contribution in [0.3, 0.4) is 0 Å². The Morgan fingerprint density at radius 1 is 1.43 bits per heavy atom. The molecule has 3 fully saturated rings. The maximum Gasteiger partial charge on any atom is 0.339 e. The lowest BCUT2D eigenvalue weighted by atomic mass is 9.76. The van der Waals surface area contributed by atoms with Gasteiger partial charge >= 0.3 is 11.9 Å². The van der Waals surface area contributed by atoms with Gasteiger partial charge in [-0.3, -0.25) is 0 Å². The lowest BCUT2D eigenvalue weighted by Crippen LogP contribution is -2.52. The van der Waals surface area contributed by atoms with Crippen LogP contribution in [0.15, 0.2) is 24.3 Å². The molecule has 0 unspecified atom stereocenters. The molecule has 8 atom stereocenters. The van der Waals surface area contributed by atoms with Crippen molar-refractivity contribution in [1.82, 2.24) is 0 Å². The summed E-state index contributed by atoms with van der Waals surface area (Å²) in [7, 11) is 0. The molecule has 0 spiro atoms. The monoisotopic (exact) mass is 434 g/mol. The van der Waals surface area contributed by atoms with Crippen molar-refractivity contribution >= 4 is 35.1 Å². The summed E-state index contributed by atoms with van der Waals surface area (Å²) in [5.41, 5.74) is -2.87. The molecule has 7 nitrogen and oxygen atoms in total. The summed E-state index contributed by atoms with van der Waals surface area (Å²) in [6.07, 6.45) is -2.54. The fourth-order valence-electron chi connectivity index (χ4n) is 4.58. The van der Waals surface area contributed by atoms with E-state index in [1.54, 1.807) is 0 Å². The summed E-state index contributed by atoms with van der Waals surface area (Å²) in [4.78, 5) is 24.6. The number of alkyl halides is 2. The Bertz CT molecular complexity index is 721. The van der Waals surface area contributed by atoms with E-state index >= 15 is 0 Å². The van der Waals surface area contributed by atoms with Gasteiger partial charge in [-0.1, -0.05) is 18.7 Å². The summed E-state index contributed by atoms with van der Waals surface area (Å²) >= 11 is 11.6. The zero-order valence-electron chi connectivity index (χ0n) is 15.4. The minimum atomic E-state index is -1.90. The second kappa shape index (κ2) is 7.29. The Labute approximate surface area is 172 Å². The SMILES string of the molecule is C=C1C(=O)O[C@H]2[C@H]1[C@H](OC(=O)[C@@](C)(O)CCl)CC(=C)[C@@H]1C[C@@H](O)[C@@](O)(CCl)[C@H]21. The molecule has 1 aliphatic heterocycles. The molecule has 0 radical (unpaired) electrons. The van der Waals surface area contributed by atoms with Crippen LogP contribution < -0.4 is 0 Å². The van der Waals surface area contributed by atoms with E-state index in [1.165, 1.54) is 6.92 Å². The van der Waals surface area contributed by atoms with Crippen LogP contribution in [0, 0.1) is 17.8 Å². The first-order valence-electron chi connectivity index (χ1n) is 9.01. The molecule has 1 saturated heterocycles. The largest absolute Gasteiger partial charge is 0.459 e. The van der Waals surface area contributed by atoms with E-state index in [0.29, 0.717) is 5.57 Å². The fourth-order valence-corrected chi connectivity index (χ4v) is 5.05. The Balaban J connectivity index is 2.01. The smallest absolute Gasteiger partial charge is 0.339 e. The number of rotatable bonds is 4. The summed E-state index contributed by atoms with van der Waals surface area (Å²) < 4.78 is 11.0. The predicted molar refractivity (Wildman–Crippen MR) is 101 cm³/mol. The van der Waals surface area contributed by atoms with Crippen LogP contribution >= 0.6 is 23.2 Å². The molecule has 0 amide bonds. The molecule has 2 aliphatic carbocycles. The third-order valence-corrected chi connectivity index (χ3v) is 7.19. The van der Waals surface area contributed by atoms with Gasteiger partial charge in [0, 0.05) is 17.9 Å². The van der Waals surface area contributed by atoms with Crippen molar-refractivity contribution in [2.75, 3.05) is 11.8 Å². The standard InChI is InChI=1S/C19H24Cl2O7/c1-8-4-11(27-17(24)18(3,25)6-20)13-9(2)16(23)28-15(13)14-10(8)5-12(22)19(14,26)7-21/h10-15,22,25-26H,1-2,4-7H2,3H3/t10-,11+,12+,13+,14-,15-,18-,19-/m0/s1. The molecule has 2 saturated carbocycles. The van der Waals surface area contributed by atoms with E-state index in [2.05, 4.69) is 13.2 Å². The Morgan fingerprint density at radius 3 is 2.64 bits per heavy atom. The van der Waals surface area contributed by atoms with E-state index < -0.39 is 53.3 Å². The van der Waals surface area contributed by atoms with Gasteiger partial charge in [0.05, 0.1) is 23.8 Å². The third kappa shape index (κ3) is 3.17. The maximum atomic E-state index is 12.4. The average molecular weight is 435 g/mol. The zero-order chi connectivity index (χ0) is 21.0. The molecule has 3 aliphatic rings. The van der Waals surface area contributed by atoms with Crippen molar-refractivity contribution in [3.8, 4) is 0 Å². The van der Waals surface area contributed by atoms with E-state index in [-0.39, 0.29) is 36.1 Å². The molecule has 9 heteroatoms. The number of carbonyl (C=O) groups is 2. The van der Waals surface area contributed by atoms with Crippen LogP contribution in [0.5, 0.6) is 0 Å². The molecule has 28 heavy (non-hydrogen) atoms. The molecular formula is C19H24Cl2O7. The van der Waals surface area contributed by atoms with Crippen molar-refractivity contribution in [3.63, 3.8) is 0 Å². The summed E-state index contributed by atoms with van der Waals surface area (Å²) in [6.45, 7) is 9.05. The zero-order valence-corrected chi connectivity index (χ0v) is 16.9. The summed E-state index contributed by atoms with van der Waals surface area (Å²) in [5, 5.41) is 31.6. The normalized spacial score (nSPS) is 42.3. The maximum absolute atomic E-state index is 12.4. The first-order valence-corrected chi connectivity index (χ1v) is 10.1. The second-order valence-electron chi connectivity index (χ2n) is 8.14. The second-order valence-corrected chi connectivity index (χ2v) is 8.68. The molecule has 0 aromatic heterocycles. The van der Waals surface area contributed by atoms with Crippen LogP contribution in [0.4, 0.5) is 0 Å². The van der Waals surface area contributed by atoms with Gasteiger partial charge in [-0.15, -0.1) is 23.2 Å². The van der Waals surface area contributed by atoms with Gasteiger partial charge < -0.3 is 24.8 Å². The van der Waals surface area contributed by atoms with Crippen LogP contribution in [0.2, 0.25) is 0 Å². The van der Waals surface area contributed by atoms with Crippen LogP contribution in [-0.4, -0.2) is 68.5 Å². The average Bonchev–Trinajstić information content (AvgIpc) is 3.04. The third-order valence-electron chi connectivity index (χ3n) is 6.24. The van der Waals surface area contributed by atoms with Crippen molar-refractivity contribution in [1.29, 1.82) is 0 Å². The van der Waals surface area contributed by atoms with Crippen LogP contribution in [0.1, 0.15) is 19.8 Å². The molecule has 3 rings (SSSR count). The molecular weight excluding hydrogens is 411 g/mol. The van der Waals surface area contributed by atoms with Crippen LogP contribution in [-0.2, 0) is 19.1 Å². The van der Waals surface area contributed by atoms with E-state index in [0.717, 1.165) is 0 Å². The topological polar surface area (TPSA) is 113 Å². The quantitative estimate of drug-likeness (QED) is 0.260. The van der Waals surface area contributed by atoms with Gasteiger partial charge in [-0.05, 0) is 19.3 Å². The molecule has 3 N–H and O–H groups in total. The number of halogens is 2. The number of aliphatic hydroxyl groups is 3. The van der Waals surface area contributed by atoms with Gasteiger partial charge in [-0.25, -0.2) is 9.59 Å². The van der Waals surface area contributed by atoms with Gasteiger partial charge in [0.15, 0.2) is 5.60 Å². The summed E-state index contributed by atoms with van der Waals surface area (Å²) in [6, 6.07) is 0. The highest BCUT2D eigenvalue weighted by molar-refractivity contribution is 6.20. The number of hydrogen-bond acceptors (Lipinski definition) is 7. The molecule has 0 bridgehead atoms. The molecule has 0 aromatic rings. The van der Waals surface area contributed by atoms with Gasteiger partial charge in [0.25, 0.3) is 0 Å². The van der Waals surface area contributed by atoms with Gasteiger partial charge in [-0.2, -0.15) is 0 Å². The van der Waals surface area contributed by atoms with E-state index in [4.69, 9.17) is 32.7 Å². The summed E-state index contributed by atoms with van der Waals surface area (Å²) in [5.74, 6) is -4.11. The Kier molecular flexibility index (Phi) is 5.62. The minimum Gasteiger partial charge on any atom is -0.459 e. The first-order chi connectivity index (χ1) is 13.0. The van der Waals surface area contributed by atoms with Crippen molar-refractivity contribution in [3.05, 3.63) is 24.3 Å². The highest BCUT2D eigenvalue weighted by Gasteiger charge is 2.64. The minimum absolute atomic E-state index is 0.0973. The van der Waals surface area contributed by atoms with Gasteiger partial charge in [0.2, 0.25) is 0 Å². The van der Waals surface area contributed by atoms with E-state index in [9.17, 15) is 24.9 Å². The Hall–Kier alpha value is -1.12. The van der Waals surface area contributed by atoms with Crippen LogP contribution in [0.25, 0.3) is 0 Å². The number of carbonyl (C=O) groups excluding carboxylic acids is 2. The number of aliphatic hydroxyl groups excluding tert-OH is 1. The molecule has 156 valence electrons.